The first kappa shape index (κ1) is 19.5. The number of nitrogens with one attached hydrogen (secondary N) is 1. The molecule has 2 aliphatic heterocycles. The molecule has 2 amide bonds. The second kappa shape index (κ2) is 8.26. The summed E-state index contributed by atoms with van der Waals surface area (Å²) in [5, 5.41) is 2.64. The van der Waals surface area contributed by atoms with Crippen LogP contribution in [0.25, 0.3) is 0 Å². The van der Waals surface area contributed by atoms with E-state index in [1.54, 1.807) is 29.2 Å². The van der Waals surface area contributed by atoms with Crippen molar-refractivity contribution in [2.24, 2.45) is 0 Å². The lowest BCUT2D eigenvalue weighted by molar-refractivity contribution is -0.181. The largest absolute Gasteiger partial charge is 0.347 e. The number of likely N-dealkylation sites (tertiary alicyclic amines) is 1. The van der Waals surface area contributed by atoms with Gasteiger partial charge in [-0.2, -0.15) is 0 Å². The summed E-state index contributed by atoms with van der Waals surface area (Å²) in [6.07, 6.45) is 2.68. The van der Waals surface area contributed by atoms with Gasteiger partial charge < -0.3 is 19.7 Å². The maximum atomic E-state index is 13.7. The first-order chi connectivity index (χ1) is 14.1. The molecule has 1 aromatic heterocycles. The fraction of sp³-hybridized carbons (Fsp3) is 0.381. The van der Waals surface area contributed by atoms with Crippen molar-refractivity contribution in [3.8, 4) is 0 Å². The quantitative estimate of drug-likeness (QED) is 0.852. The van der Waals surface area contributed by atoms with Crippen LogP contribution in [0, 0.1) is 5.82 Å². The maximum absolute atomic E-state index is 13.7. The average Bonchev–Trinajstić information content (AvgIpc) is 3.21. The van der Waals surface area contributed by atoms with Crippen molar-refractivity contribution in [3.05, 3.63) is 65.2 Å². The van der Waals surface area contributed by atoms with Crippen molar-refractivity contribution in [3.63, 3.8) is 0 Å². The predicted molar refractivity (Wildman–Crippen MR) is 102 cm³/mol. The highest BCUT2D eigenvalue weighted by Crippen LogP contribution is 2.31. The van der Waals surface area contributed by atoms with Crippen LogP contribution in [0.3, 0.4) is 0 Å². The molecule has 2 fully saturated rings. The molecule has 7 nitrogen and oxygen atoms in total. The number of benzene rings is 1. The smallest absolute Gasteiger partial charge is 0.270 e. The van der Waals surface area contributed by atoms with Crippen LogP contribution in [0.2, 0.25) is 0 Å². The van der Waals surface area contributed by atoms with Crippen molar-refractivity contribution in [1.29, 1.82) is 0 Å². The Labute approximate surface area is 167 Å². The van der Waals surface area contributed by atoms with E-state index in [0.29, 0.717) is 50.3 Å². The maximum Gasteiger partial charge on any atom is 0.270 e. The Hall–Kier alpha value is -2.84. The molecular weight excluding hydrogens is 377 g/mol. The number of ether oxygens (including phenoxy) is 2. The van der Waals surface area contributed by atoms with Gasteiger partial charge in [-0.1, -0.05) is 18.2 Å². The number of rotatable bonds is 4. The van der Waals surface area contributed by atoms with Crippen LogP contribution in [0.15, 0.2) is 42.6 Å². The zero-order chi connectivity index (χ0) is 20.3. The highest BCUT2D eigenvalue weighted by Gasteiger charge is 2.40. The molecular formula is C21H22FN3O4. The van der Waals surface area contributed by atoms with Crippen LogP contribution < -0.4 is 5.32 Å². The van der Waals surface area contributed by atoms with E-state index in [1.807, 2.05) is 0 Å². The van der Waals surface area contributed by atoms with E-state index in [4.69, 9.17) is 9.47 Å². The Bertz CT molecular complexity index is 904. The third kappa shape index (κ3) is 4.28. The minimum atomic E-state index is -0.549. The second-order valence-corrected chi connectivity index (χ2v) is 7.10. The molecule has 4 rings (SSSR count). The zero-order valence-corrected chi connectivity index (χ0v) is 15.9. The molecule has 1 N–H and O–H groups in total. The highest BCUT2D eigenvalue weighted by atomic mass is 19.1. The Balaban J connectivity index is 1.38. The lowest BCUT2D eigenvalue weighted by atomic mass is 10.0. The van der Waals surface area contributed by atoms with Crippen LogP contribution in [0.5, 0.6) is 0 Å². The van der Waals surface area contributed by atoms with E-state index < -0.39 is 11.7 Å². The van der Waals surface area contributed by atoms with Gasteiger partial charge >= 0.3 is 0 Å². The number of carbonyl (C=O) groups is 2. The third-order valence-electron chi connectivity index (χ3n) is 5.26. The SMILES string of the molecule is O=C(NCc1ccccc1F)c1cc(C(=O)N2CCC3(CC2)OCCO3)ccn1. The molecule has 29 heavy (non-hydrogen) atoms. The summed E-state index contributed by atoms with van der Waals surface area (Å²) in [5.74, 6) is -1.56. The van der Waals surface area contributed by atoms with E-state index >= 15 is 0 Å². The number of carbonyl (C=O) groups excluding carboxylic acids is 2. The number of halogens is 1. The highest BCUT2D eigenvalue weighted by molar-refractivity contribution is 5.98. The van der Waals surface area contributed by atoms with Crippen LogP contribution >= 0.6 is 0 Å². The topological polar surface area (TPSA) is 80.8 Å². The van der Waals surface area contributed by atoms with E-state index in [-0.39, 0.29) is 24.0 Å². The molecule has 0 unspecified atom stereocenters. The number of nitrogens with zero attached hydrogens (tertiary/aromatic N) is 2. The van der Waals surface area contributed by atoms with Crippen molar-refractivity contribution < 1.29 is 23.5 Å². The minimum Gasteiger partial charge on any atom is -0.347 e. The Kier molecular flexibility index (Phi) is 5.55. The number of piperidine rings is 1. The van der Waals surface area contributed by atoms with E-state index in [2.05, 4.69) is 10.3 Å². The number of hydrogen-bond acceptors (Lipinski definition) is 5. The van der Waals surface area contributed by atoms with Gasteiger partial charge in [0, 0.05) is 49.8 Å². The molecule has 2 aliphatic rings. The first-order valence-electron chi connectivity index (χ1n) is 9.61. The van der Waals surface area contributed by atoms with Gasteiger partial charge in [0.25, 0.3) is 11.8 Å². The molecule has 0 saturated carbocycles. The molecule has 0 bridgehead atoms. The number of pyridine rings is 1. The summed E-state index contributed by atoms with van der Waals surface area (Å²) in [4.78, 5) is 31.0. The van der Waals surface area contributed by atoms with Gasteiger partial charge in [-0.05, 0) is 18.2 Å². The van der Waals surface area contributed by atoms with Gasteiger partial charge in [0.15, 0.2) is 5.79 Å². The summed E-state index contributed by atoms with van der Waals surface area (Å²) in [5.41, 5.74) is 0.884. The van der Waals surface area contributed by atoms with Crippen LogP contribution in [0.1, 0.15) is 39.3 Å². The number of amides is 2. The number of hydrogen-bond donors (Lipinski definition) is 1. The number of aromatic nitrogens is 1. The van der Waals surface area contributed by atoms with E-state index in [0.717, 1.165) is 0 Å². The van der Waals surface area contributed by atoms with Gasteiger partial charge in [0.2, 0.25) is 0 Å². The normalized spacial score (nSPS) is 18.0. The van der Waals surface area contributed by atoms with Gasteiger partial charge in [0.1, 0.15) is 11.5 Å². The first-order valence-corrected chi connectivity index (χ1v) is 9.61. The molecule has 0 aliphatic carbocycles. The lowest BCUT2D eigenvalue weighted by Crippen LogP contribution is -2.47. The molecule has 152 valence electrons. The fourth-order valence-corrected chi connectivity index (χ4v) is 3.61. The van der Waals surface area contributed by atoms with Crippen LogP contribution in [-0.2, 0) is 16.0 Å². The molecule has 2 saturated heterocycles. The Morgan fingerprint density at radius 1 is 1.14 bits per heavy atom. The average molecular weight is 399 g/mol. The van der Waals surface area contributed by atoms with Crippen LogP contribution in [0.4, 0.5) is 4.39 Å². The standard InChI is InChI=1S/C21H22FN3O4/c22-17-4-2-1-3-16(17)14-24-19(26)18-13-15(5-8-23-18)20(27)25-9-6-21(7-10-25)28-11-12-29-21/h1-5,8,13H,6-7,9-12,14H2,(H,24,26). The third-order valence-corrected chi connectivity index (χ3v) is 5.26. The molecule has 2 aromatic rings. The molecule has 0 radical (unpaired) electrons. The van der Waals surface area contributed by atoms with Crippen molar-refractivity contribution in [1.82, 2.24) is 15.2 Å². The zero-order valence-electron chi connectivity index (χ0n) is 15.9. The van der Waals surface area contributed by atoms with Crippen LogP contribution in [-0.4, -0.2) is 53.8 Å². The summed E-state index contributed by atoms with van der Waals surface area (Å²) in [6.45, 7) is 2.26. The summed E-state index contributed by atoms with van der Waals surface area (Å²) in [7, 11) is 0. The summed E-state index contributed by atoms with van der Waals surface area (Å²) < 4.78 is 25.1. The Morgan fingerprint density at radius 2 is 1.86 bits per heavy atom. The molecule has 0 atom stereocenters. The van der Waals surface area contributed by atoms with Gasteiger partial charge in [0.05, 0.1) is 13.2 Å². The minimum absolute atomic E-state index is 0.0412. The molecule has 8 heteroatoms. The van der Waals surface area contributed by atoms with Crippen molar-refractivity contribution in [2.75, 3.05) is 26.3 Å². The van der Waals surface area contributed by atoms with Gasteiger partial charge in [-0.15, -0.1) is 0 Å². The second-order valence-electron chi connectivity index (χ2n) is 7.10. The molecule has 3 heterocycles. The predicted octanol–water partition coefficient (Wildman–Crippen LogP) is 2.13. The van der Waals surface area contributed by atoms with Crippen molar-refractivity contribution >= 4 is 11.8 Å². The van der Waals surface area contributed by atoms with Crippen molar-refractivity contribution in [2.45, 2.75) is 25.2 Å². The lowest BCUT2D eigenvalue weighted by Gasteiger charge is -2.37. The van der Waals surface area contributed by atoms with E-state index in [1.165, 1.54) is 18.3 Å². The fourth-order valence-electron chi connectivity index (χ4n) is 3.61. The monoisotopic (exact) mass is 399 g/mol. The van der Waals surface area contributed by atoms with Gasteiger partial charge in [-0.25, -0.2) is 4.39 Å². The summed E-state index contributed by atoms with van der Waals surface area (Å²) in [6, 6.07) is 9.28. The van der Waals surface area contributed by atoms with E-state index in [9.17, 15) is 14.0 Å². The molecule has 1 spiro atoms. The molecule has 1 aromatic carbocycles. The summed E-state index contributed by atoms with van der Waals surface area (Å²) >= 11 is 0. The Morgan fingerprint density at radius 3 is 2.59 bits per heavy atom. The van der Waals surface area contributed by atoms with Gasteiger partial charge in [-0.3, -0.25) is 14.6 Å².